The minimum Gasteiger partial charge on any atom is -0.434 e. The van der Waals surface area contributed by atoms with Crippen LogP contribution in [0.2, 0.25) is 0 Å². The minimum absolute atomic E-state index is 0.116. The van der Waals surface area contributed by atoms with Gasteiger partial charge < -0.3 is 15.4 Å². The summed E-state index contributed by atoms with van der Waals surface area (Å²) in [6, 6.07) is 7.23. The quantitative estimate of drug-likeness (QED) is 0.891. The monoisotopic (exact) mass is 301 g/mol. The maximum atomic E-state index is 11.7. The van der Waals surface area contributed by atoms with Crippen LogP contribution in [0, 0.1) is 0 Å². The van der Waals surface area contributed by atoms with E-state index in [-0.39, 0.29) is 12.3 Å². The van der Waals surface area contributed by atoms with Crippen molar-refractivity contribution in [3.05, 3.63) is 36.5 Å². The van der Waals surface area contributed by atoms with Gasteiger partial charge >= 0.3 is 6.09 Å². The smallest absolute Gasteiger partial charge is 0.415 e. The number of hydrogen-bond acceptors (Lipinski definition) is 5. The van der Waals surface area contributed by atoms with E-state index < -0.39 is 18.1 Å². The molecule has 0 aliphatic carbocycles. The molecule has 3 rings (SSSR count). The van der Waals surface area contributed by atoms with Crippen molar-refractivity contribution in [3.8, 4) is 0 Å². The van der Waals surface area contributed by atoms with Gasteiger partial charge in [-0.1, -0.05) is 0 Å². The van der Waals surface area contributed by atoms with Crippen LogP contribution in [0.3, 0.4) is 0 Å². The maximum absolute atomic E-state index is 11.7. The number of hydrogen-bond donors (Lipinski definition) is 1. The van der Waals surface area contributed by atoms with Gasteiger partial charge in [0.1, 0.15) is 0 Å². The predicted octanol–water partition coefficient (Wildman–Crippen LogP) is 0.790. The summed E-state index contributed by atoms with van der Waals surface area (Å²) in [5, 5.41) is 0. The fourth-order valence-corrected chi connectivity index (χ4v) is 2.42. The molecule has 0 spiro atoms. The lowest BCUT2D eigenvalue weighted by Gasteiger charge is -2.23. The first-order valence-corrected chi connectivity index (χ1v) is 6.90. The van der Waals surface area contributed by atoms with Crippen molar-refractivity contribution < 1.29 is 19.1 Å². The Morgan fingerprint density at radius 1 is 1.18 bits per heavy atom. The molecule has 0 bridgehead atoms. The van der Waals surface area contributed by atoms with Crippen LogP contribution in [0.1, 0.15) is 6.42 Å². The topological polar surface area (TPSA) is 92.9 Å². The number of rotatable bonds is 3. The number of nitrogens with zero attached hydrogens (tertiary/aromatic N) is 2. The van der Waals surface area contributed by atoms with Crippen molar-refractivity contribution in [2.75, 3.05) is 22.9 Å². The molecule has 0 aromatic heterocycles. The lowest BCUT2D eigenvalue weighted by molar-refractivity contribution is -0.124. The Hall–Kier alpha value is -2.83. The molecule has 2 aliphatic rings. The van der Waals surface area contributed by atoms with E-state index in [1.165, 1.54) is 4.90 Å². The largest absolute Gasteiger partial charge is 0.434 e. The van der Waals surface area contributed by atoms with Crippen molar-refractivity contribution in [1.29, 1.82) is 0 Å². The lowest BCUT2D eigenvalue weighted by Crippen LogP contribution is -2.32. The maximum Gasteiger partial charge on any atom is 0.415 e. The molecule has 1 fully saturated rings. The van der Waals surface area contributed by atoms with E-state index in [9.17, 15) is 14.4 Å². The summed E-state index contributed by atoms with van der Waals surface area (Å²) in [7, 11) is 0. The standard InChI is InChI=1S/C15H15N3O4/c16-14(20)13-9-18(15(21)22-13)11-3-1-10(2-4-11)17-7-5-12(19)6-8-17/h1-5,7,13H,6,8-9H2,(H2,16,20)/t13-/m1/s1. The molecule has 2 amide bonds. The van der Waals surface area contributed by atoms with E-state index in [2.05, 4.69) is 0 Å². The normalized spacial score (nSPS) is 21.2. The zero-order chi connectivity index (χ0) is 15.7. The van der Waals surface area contributed by atoms with Gasteiger partial charge in [0.05, 0.1) is 6.54 Å². The van der Waals surface area contributed by atoms with Crippen LogP contribution >= 0.6 is 0 Å². The summed E-state index contributed by atoms with van der Waals surface area (Å²) < 4.78 is 4.90. The van der Waals surface area contributed by atoms with Crippen molar-refractivity contribution in [2.45, 2.75) is 12.5 Å². The Kier molecular flexibility index (Phi) is 3.54. The van der Waals surface area contributed by atoms with Crippen LogP contribution in [-0.4, -0.2) is 37.0 Å². The van der Waals surface area contributed by atoms with Crippen molar-refractivity contribution in [1.82, 2.24) is 0 Å². The molecule has 22 heavy (non-hydrogen) atoms. The van der Waals surface area contributed by atoms with E-state index >= 15 is 0 Å². The predicted molar refractivity (Wildman–Crippen MR) is 79.4 cm³/mol. The highest BCUT2D eigenvalue weighted by molar-refractivity contribution is 5.95. The first-order chi connectivity index (χ1) is 10.5. The van der Waals surface area contributed by atoms with Crippen LogP contribution in [0.5, 0.6) is 0 Å². The number of carbonyl (C=O) groups excluding carboxylic acids is 3. The number of cyclic esters (lactones) is 1. The third-order valence-electron chi connectivity index (χ3n) is 3.66. The zero-order valence-electron chi connectivity index (χ0n) is 11.8. The molecule has 2 N–H and O–H groups in total. The fraction of sp³-hybridized carbons (Fsp3) is 0.267. The molecule has 7 heteroatoms. The number of anilines is 2. The molecule has 0 radical (unpaired) electrons. The summed E-state index contributed by atoms with van der Waals surface area (Å²) in [4.78, 5) is 37.3. The number of primary amides is 1. The molecular formula is C15H15N3O4. The third kappa shape index (κ3) is 2.65. The average molecular weight is 301 g/mol. The van der Waals surface area contributed by atoms with Crippen LogP contribution in [0.25, 0.3) is 0 Å². The fourth-order valence-electron chi connectivity index (χ4n) is 2.42. The first-order valence-electron chi connectivity index (χ1n) is 6.90. The van der Waals surface area contributed by atoms with Gasteiger partial charge in [-0.3, -0.25) is 14.5 Å². The number of benzene rings is 1. The highest BCUT2D eigenvalue weighted by Crippen LogP contribution is 2.25. The first kappa shape index (κ1) is 14.1. The van der Waals surface area contributed by atoms with Gasteiger partial charge in [0.15, 0.2) is 11.9 Å². The third-order valence-corrected chi connectivity index (χ3v) is 3.66. The zero-order valence-corrected chi connectivity index (χ0v) is 11.8. The van der Waals surface area contributed by atoms with Gasteiger partial charge in [0, 0.05) is 30.5 Å². The molecule has 1 aromatic carbocycles. The molecule has 0 saturated carbocycles. The average Bonchev–Trinajstić information content (AvgIpc) is 2.91. The molecule has 0 unspecified atom stereocenters. The van der Waals surface area contributed by atoms with Crippen molar-refractivity contribution >= 4 is 29.2 Å². The number of amides is 2. The minimum atomic E-state index is -0.914. The van der Waals surface area contributed by atoms with Crippen LogP contribution in [0.4, 0.5) is 16.2 Å². The Labute approximate surface area is 126 Å². The van der Waals surface area contributed by atoms with Gasteiger partial charge in [-0.2, -0.15) is 0 Å². The van der Waals surface area contributed by atoms with Crippen LogP contribution in [-0.2, 0) is 14.3 Å². The van der Waals surface area contributed by atoms with E-state index in [1.54, 1.807) is 24.4 Å². The summed E-state index contributed by atoms with van der Waals surface area (Å²) in [5.74, 6) is -0.541. The van der Waals surface area contributed by atoms with Gasteiger partial charge in [0.25, 0.3) is 5.91 Å². The highest BCUT2D eigenvalue weighted by Gasteiger charge is 2.35. The number of ether oxygens (including phenoxy) is 1. The van der Waals surface area contributed by atoms with Crippen LogP contribution in [0.15, 0.2) is 36.5 Å². The Bertz CT molecular complexity index is 653. The molecule has 1 saturated heterocycles. The van der Waals surface area contributed by atoms with E-state index in [0.717, 1.165) is 5.69 Å². The molecule has 114 valence electrons. The number of ketones is 1. The van der Waals surface area contributed by atoms with Gasteiger partial charge in [0.2, 0.25) is 0 Å². The highest BCUT2D eigenvalue weighted by atomic mass is 16.6. The van der Waals surface area contributed by atoms with Crippen LogP contribution < -0.4 is 15.5 Å². The molecule has 2 heterocycles. The molecule has 7 nitrogen and oxygen atoms in total. The van der Waals surface area contributed by atoms with E-state index in [1.807, 2.05) is 17.0 Å². The van der Waals surface area contributed by atoms with Gasteiger partial charge in [-0.15, -0.1) is 0 Å². The number of nitrogens with two attached hydrogens (primary N) is 1. The summed E-state index contributed by atoms with van der Waals surface area (Å²) in [6.45, 7) is 0.746. The molecular weight excluding hydrogens is 286 g/mol. The summed E-state index contributed by atoms with van der Waals surface area (Å²) in [5.41, 5.74) is 6.71. The number of allylic oxidation sites excluding steroid dienone is 1. The van der Waals surface area contributed by atoms with E-state index in [4.69, 9.17) is 10.5 Å². The molecule has 1 aromatic rings. The second-order valence-corrected chi connectivity index (χ2v) is 5.13. The van der Waals surface area contributed by atoms with E-state index in [0.29, 0.717) is 18.7 Å². The van der Waals surface area contributed by atoms with Gasteiger partial charge in [-0.05, 0) is 30.3 Å². The molecule has 1 atom stereocenters. The molecule has 2 aliphatic heterocycles. The van der Waals surface area contributed by atoms with Gasteiger partial charge in [-0.25, -0.2) is 4.79 Å². The SMILES string of the molecule is NC(=O)[C@H]1CN(c2ccc(N3C=CC(=O)CC3)cc2)C(=O)O1. The lowest BCUT2D eigenvalue weighted by atomic mass is 10.1. The Morgan fingerprint density at radius 3 is 2.41 bits per heavy atom. The Balaban J connectivity index is 1.75. The van der Waals surface area contributed by atoms with Crippen molar-refractivity contribution in [2.24, 2.45) is 5.73 Å². The second-order valence-electron chi connectivity index (χ2n) is 5.13. The van der Waals surface area contributed by atoms with Crippen molar-refractivity contribution in [3.63, 3.8) is 0 Å². The Morgan fingerprint density at radius 2 is 1.86 bits per heavy atom. The summed E-state index contributed by atoms with van der Waals surface area (Å²) in [6.07, 6.45) is 2.28. The summed E-state index contributed by atoms with van der Waals surface area (Å²) >= 11 is 0. The number of carbonyl (C=O) groups is 3. The second kappa shape index (κ2) is 5.51.